The molecular formula is C17H28N2O. The number of nitrogens with one attached hydrogen (secondary N) is 1. The number of benzene rings is 1. The van der Waals surface area contributed by atoms with Crippen LogP contribution in [0.15, 0.2) is 24.3 Å². The average molecular weight is 276 g/mol. The minimum Gasteiger partial charge on any atom is -0.496 e. The van der Waals surface area contributed by atoms with Gasteiger partial charge in [0.15, 0.2) is 0 Å². The predicted molar refractivity (Wildman–Crippen MR) is 84.5 cm³/mol. The van der Waals surface area contributed by atoms with Crippen LogP contribution in [-0.2, 0) is 6.42 Å². The maximum absolute atomic E-state index is 5.41. The van der Waals surface area contributed by atoms with E-state index < -0.39 is 0 Å². The molecule has 1 N–H and O–H groups in total. The first-order valence-electron chi connectivity index (χ1n) is 7.87. The van der Waals surface area contributed by atoms with Crippen LogP contribution < -0.4 is 10.1 Å². The fourth-order valence-electron chi connectivity index (χ4n) is 2.93. The number of methoxy groups -OCH3 is 1. The maximum Gasteiger partial charge on any atom is 0.122 e. The Morgan fingerprint density at radius 2 is 1.95 bits per heavy atom. The molecule has 3 heteroatoms. The zero-order valence-electron chi connectivity index (χ0n) is 12.9. The van der Waals surface area contributed by atoms with E-state index in [-0.39, 0.29) is 0 Å². The van der Waals surface area contributed by atoms with Crippen molar-refractivity contribution in [2.24, 2.45) is 0 Å². The number of likely N-dealkylation sites (tertiary alicyclic amines) is 1. The van der Waals surface area contributed by atoms with Gasteiger partial charge in [0.25, 0.3) is 0 Å². The summed E-state index contributed by atoms with van der Waals surface area (Å²) in [5.74, 6) is 0.997. The van der Waals surface area contributed by atoms with Gasteiger partial charge in [-0.15, -0.1) is 0 Å². The van der Waals surface area contributed by atoms with Crippen LogP contribution in [-0.4, -0.2) is 44.2 Å². The van der Waals surface area contributed by atoms with Crippen LogP contribution in [0.5, 0.6) is 5.75 Å². The molecule has 112 valence electrons. The lowest BCUT2D eigenvalue weighted by Gasteiger charge is -2.27. The lowest BCUT2D eigenvalue weighted by atomic mass is 10.1. The van der Waals surface area contributed by atoms with E-state index in [4.69, 9.17) is 4.74 Å². The van der Waals surface area contributed by atoms with Gasteiger partial charge in [0.05, 0.1) is 7.11 Å². The Morgan fingerprint density at radius 1 is 1.20 bits per heavy atom. The molecule has 20 heavy (non-hydrogen) atoms. The number of ether oxygens (including phenoxy) is 1. The molecule has 1 aromatic rings. The predicted octanol–water partition coefficient (Wildman–Crippen LogP) is 2.70. The Bertz CT molecular complexity index is 388. The first-order valence-corrected chi connectivity index (χ1v) is 7.87. The summed E-state index contributed by atoms with van der Waals surface area (Å²) in [6, 6.07) is 8.78. The lowest BCUT2D eigenvalue weighted by Crippen LogP contribution is -2.39. The molecule has 1 atom stereocenters. The molecule has 0 radical (unpaired) electrons. The second-order valence-electron chi connectivity index (χ2n) is 5.77. The maximum atomic E-state index is 5.41. The van der Waals surface area contributed by atoms with Gasteiger partial charge in [0, 0.05) is 19.1 Å². The van der Waals surface area contributed by atoms with Gasteiger partial charge < -0.3 is 15.0 Å². The van der Waals surface area contributed by atoms with Crippen molar-refractivity contribution < 1.29 is 4.74 Å². The van der Waals surface area contributed by atoms with Crippen molar-refractivity contribution in [3.8, 4) is 5.75 Å². The molecule has 1 heterocycles. The topological polar surface area (TPSA) is 24.5 Å². The van der Waals surface area contributed by atoms with Gasteiger partial charge in [-0.1, -0.05) is 24.6 Å². The molecule has 0 aliphatic carbocycles. The monoisotopic (exact) mass is 276 g/mol. The van der Waals surface area contributed by atoms with Crippen LogP contribution in [0.4, 0.5) is 0 Å². The van der Waals surface area contributed by atoms with Crippen molar-refractivity contribution in [2.75, 3.05) is 33.3 Å². The molecule has 0 bridgehead atoms. The number of rotatable bonds is 7. The highest BCUT2D eigenvalue weighted by Crippen LogP contribution is 2.18. The van der Waals surface area contributed by atoms with Crippen molar-refractivity contribution >= 4 is 0 Å². The molecule has 2 rings (SSSR count). The van der Waals surface area contributed by atoms with Crippen LogP contribution >= 0.6 is 0 Å². The molecule has 0 spiro atoms. The van der Waals surface area contributed by atoms with E-state index >= 15 is 0 Å². The van der Waals surface area contributed by atoms with Crippen LogP contribution in [0.1, 0.15) is 31.7 Å². The van der Waals surface area contributed by atoms with Crippen molar-refractivity contribution in [2.45, 2.75) is 38.6 Å². The second-order valence-corrected chi connectivity index (χ2v) is 5.77. The fourth-order valence-corrected chi connectivity index (χ4v) is 2.93. The number of hydrogen-bond donors (Lipinski definition) is 1. The summed E-state index contributed by atoms with van der Waals surface area (Å²) in [6.07, 6.45) is 5.17. The summed E-state index contributed by atoms with van der Waals surface area (Å²) >= 11 is 0. The van der Waals surface area contributed by atoms with E-state index in [0.717, 1.165) is 18.7 Å². The Hall–Kier alpha value is -1.06. The average Bonchev–Trinajstić information content (AvgIpc) is 2.49. The van der Waals surface area contributed by atoms with Gasteiger partial charge >= 0.3 is 0 Å². The quantitative estimate of drug-likeness (QED) is 0.828. The summed E-state index contributed by atoms with van der Waals surface area (Å²) in [5, 5.41) is 3.63. The molecule has 3 nitrogen and oxygen atoms in total. The standard InChI is InChI=1S/C17H28N2O/c1-15(14-16-8-4-5-9-17(16)20-2)18-10-13-19-11-6-3-7-12-19/h4-5,8-9,15,18H,3,6-7,10-14H2,1-2H3. The molecule has 1 unspecified atom stereocenters. The Balaban J connectivity index is 1.70. The SMILES string of the molecule is COc1ccccc1CC(C)NCCN1CCCCC1. The zero-order chi connectivity index (χ0) is 14.2. The van der Waals surface area contributed by atoms with E-state index in [1.54, 1.807) is 7.11 Å². The lowest BCUT2D eigenvalue weighted by molar-refractivity contribution is 0.226. The highest BCUT2D eigenvalue weighted by Gasteiger charge is 2.11. The van der Waals surface area contributed by atoms with Crippen molar-refractivity contribution in [3.63, 3.8) is 0 Å². The smallest absolute Gasteiger partial charge is 0.122 e. The summed E-state index contributed by atoms with van der Waals surface area (Å²) in [5.41, 5.74) is 1.29. The van der Waals surface area contributed by atoms with Gasteiger partial charge in [0.2, 0.25) is 0 Å². The highest BCUT2D eigenvalue weighted by atomic mass is 16.5. The molecule has 0 aromatic heterocycles. The van der Waals surface area contributed by atoms with Gasteiger partial charge in [-0.3, -0.25) is 0 Å². The summed E-state index contributed by atoms with van der Waals surface area (Å²) in [7, 11) is 1.74. The molecule has 0 saturated carbocycles. The van der Waals surface area contributed by atoms with Gasteiger partial charge in [-0.2, -0.15) is 0 Å². The minimum absolute atomic E-state index is 0.482. The fraction of sp³-hybridized carbons (Fsp3) is 0.647. The van der Waals surface area contributed by atoms with Crippen molar-refractivity contribution in [1.29, 1.82) is 0 Å². The van der Waals surface area contributed by atoms with Crippen LogP contribution in [0.25, 0.3) is 0 Å². The summed E-state index contributed by atoms with van der Waals surface area (Å²) in [4.78, 5) is 2.58. The molecule has 0 amide bonds. The van der Waals surface area contributed by atoms with E-state index in [1.807, 2.05) is 12.1 Å². The number of para-hydroxylation sites is 1. The van der Waals surface area contributed by atoms with E-state index in [9.17, 15) is 0 Å². The largest absolute Gasteiger partial charge is 0.496 e. The molecule has 1 aliphatic rings. The van der Waals surface area contributed by atoms with Gasteiger partial charge in [0.1, 0.15) is 5.75 Å². The number of nitrogens with zero attached hydrogens (tertiary/aromatic N) is 1. The first-order chi connectivity index (χ1) is 9.79. The third-order valence-corrected chi connectivity index (χ3v) is 4.09. The second kappa shape index (κ2) is 8.28. The van der Waals surface area contributed by atoms with Crippen LogP contribution in [0.2, 0.25) is 0 Å². The first kappa shape index (κ1) is 15.3. The molecule has 1 fully saturated rings. The van der Waals surface area contributed by atoms with E-state index in [2.05, 4.69) is 29.3 Å². The minimum atomic E-state index is 0.482. The number of piperidine rings is 1. The Kier molecular flexibility index (Phi) is 6.34. The third kappa shape index (κ3) is 4.80. The van der Waals surface area contributed by atoms with Crippen molar-refractivity contribution in [1.82, 2.24) is 10.2 Å². The number of hydrogen-bond acceptors (Lipinski definition) is 3. The Morgan fingerprint density at radius 3 is 2.70 bits per heavy atom. The summed E-state index contributed by atoms with van der Waals surface area (Å²) in [6.45, 7) is 7.07. The van der Waals surface area contributed by atoms with E-state index in [1.165, 1.54) is 44.5 Å². The molecule has 1 aromatic carbocycles. The molecular weight excluding hydrogens is 248 g/mol. The van der Waals surface area contributed by atoms with E-state index in [0.29, 0.717) is 6.04 Å². The molecule has 1 saturated heterocycles. The molecule has 1 aliphatic heterocycles. The zero-order valence-corrected chi connectivity index (χ0v) is 12.9. The Labute approximate surface area is 123 Å². The van der Waals surface area contributed by atoms with Gasteiger partial charge in [-0.25, -0.2) is 0 Å². The van der Waals surface area contributed by atoms with Crippen molar-refractivity contribution in [3.05, 3.63) is 29.8 Å². The van der Waals surface area contributed by atoms with Crippen LogP contribution in [0, 0.1) is 0 Å². The summed E-state index contributed by atoms with van der Waals surface area (Å²) < 4.78 is 5.41. The highest BCUT2D eigenvalue weighted by molar-refractivity contribution is 5.33. The third-order valence-electron chi connectivity index (χ3n) is 4.09. The normalized spacial score (nSPS) is 17.9. The van der Waals surface area contributed by atoms with Gasteiger partial charge in [-0.05, 0) is 50.9 Å². The van der Waals surface area contributed by atoms with Crippen LogP contribution in [0.3, 0.4) is 0 Å².